The molecule has 6 nitrogen and oxygen atoms in total. The van der Waals surface area contributed by atoms with Gasteiger partial charge >= 0.3 is 0 Å². The van der Waals surface area contributed by atoms with Crippen LogP contribution in [-0.4, -0.2) is 46.2 Å². The Labute approximate surface area is 147 Å². The van der Waals surface area contributed by atoms with Crippen LogP contribution < -0.4 is 5.32 Å². The van der Waals surface area contributed by atoms with Gasteiger partial charge in [0.05, 0.1) is 18.2 Å². The Morgan fingerprint density at radius 2 is 2.32 bits per heavy atom. The standard InChI is InChI=1S/C19H21N5O/c20-10-16-4-1-5-18(22-16)23-17-9-19(25-13-17)6-8-24(14-19)12-15-3-2-7-21-11-15/h1-5,7,11,17H,6,8-9,12-14H2,(H,22,23)/t17-,19-/m0/s1. The van der Waals surface area contributed by atoms with E-state index in [4.69, 9.17) is 10.00 Å². The number of pyridine rings is 2. The molecule has 2 aliphatic heterocycles. The maximum absolute atomic E-state index is 8.97. The molecule has 2 aromatic heterocycles. The van der Waals surface area contributed by atoms with Gasteiger partial charge in [-0.05, 0) is 30.2 Å². The molecular weight excluding hydrogens is 314 g/mol. The fourth-order valence-electron chi connectivity index (χ4n) is 3.82. The van der Waals surface area contributed by atoms with Gasteiger partial charge in [-0.3, -0.25) is 9.88 Å². The second-order valence-corrected chi connectivity index (χ2v) is 6.88. The summed E-state index contributed by atoms with van der Waals surface area (Å²) in [6, 6.07) is 11.9. The van der Waals surface area contributed by atoms with E-state index in [0.717, 1.165) is 38.3 Å². The zero-order chi connectivity index (χ0) is 17.1. The van der Waals surface area contributed by atoms with Crippen LogP contribution in [0.25, 0.3) is 0 Å². The lowest BCUT2D eigenvalue weighted by Gasteiger charge is -2.23. The molecule has 0 radical (unpaired) electrons. The summed E-state index contributed by atoms with van der Waals surface area (Å²) in [5.41, 5.74) is 1.61. The molecule has 1 spiro atoms. The van der Waals surface area contributed by atoms with Gasteiger partial charge in [0, 0.05) is 38.4 Å². The van der Waals surface area contributed by atoms with Crippen molar-refractivity contribution in [3.05, 3.63) is 54.0 Å². The number of rotatable bonds is 4. The summed E-state index contributed by atoms with van der Waals surface area (Å²) in [6.07, 6.45) is 5.76. The van der Waals surface area contributed by atoms with E-state index in [-0.39, 0.29) is 11.6 Å². The number of hydrogen-bond donors (Lipinski definition) is 1. The number of nitrogens with one attached hydrogen (secondary N) is 1. The first-order valence-corrected chi connectivity index (χ1v) is 8.64. The minimum atomic E-state index is -0.0628. The molecule has 2 saturated heterocycles. The van der Waals surface area contributed by atoms with Gasteiger partial charge in [0.1, 0.15) is 17.6 Å². The van der Waals surface area contributed by atoms with E-state index in [1.807, 2.05) is 24.4 Å². The number of likely N-dealkylation sites (tertiary alicyclic amines) is 1. The topological polar surface area (TPSA) is 74.1 Å². The summed E-state index contributed by atoms with van der Waals surface area (Å²) < 4.78 is 6.20. The number of aromatic nitrogens is 2. The first kappa shape index (κ1) is 16.0. The van der Waals surface area contributed by atoms with Crippen molar-refractivity contribution < 1.29 is 4.74 Å². The molecule has 2 fully saturated rings. The molecule has 2 atom stereocenters. The van der Waals surface area contributed by atoms with Crippen LogP contribution in [0.3, 0.4) is 0 Å². The first-order valence-electron chi connectivity index (χ1n) is 8.64. The van der Waals surface area contributed by atoms with Crippen LogP contribution in [-0.2, 0) is 11.3 Å². The summed E-state index contributed by atoms with van der Waals surface area (Å²) in [5.74, 6) is 0.745. The number of nitrogens with zero attached hydrogens (tertiary/aromatic N) is 4. The van der Waals surface area contributed by atoms with Crippen LogP contribution >= 0.6 is 0 Å². The maximum atomic E-state index is 8.97. The van der Waals surface area contributed by atoms with Crippen molar-refractivity contribution in [2.75, 3.05) is 25.0 Å². The molecule has 0 unspecified atom stereocenters. The molecule has 0 saturated carbocycles. The van der Waals surface area contributed by atoms with E-state index in [2.05, 4.69) is 32.3 Å². The van der Waals surface area contributed by atoms with Crippen LogP contribution in [0.2, 0.25) is 0 Å². The highest BCUT2D eigenvalue weighted by molar-refractivity contribution is 5.39. The fourth-order valence-corrected chi connectivity index (χ4v) is 3.82. The van der Waals surface area contributed by atoms with E-state index >= 15 is 0 Å². The molecule has 25 heavy (non-hydrogen) atoms. The lowest BCUT2D eigenvalue weighted by Crippen LogP contribution is -2.33. The third kappa shape index (κ3) is 3.63. The average Bonchev–Trinajstić information content (AvgIpc) is 3.22. The second-order valence-electron chi connectivity index (χ2n) is 6.88. The summed E-state index contributed by atoms with van der Waals surface area (Å²) >= 11 is 0. The Hall–Kier alpha value is -2.49. The Kier molecular flexibility index (Phi) is 4.35. The van der Waals surface area contributed by atoms with Gasteiger partial charge in [0.15, 0.2) is 0 Å². The van der Waals surface area contributed by atoms with Crippen molar-refractivity contribution in [1.82, 2.24) is 14.9 Å². The normalized spacial score (nSPS) is 26.0. The average molecular weight is 335 g/mol. The molecule has 6 heteroatoms. The third-order valence-corrected chi connectivity index (χ3v) is 4.95. The molecule has 0 aliphatic carbocycles. The monoisotopic (exact) mass is 335 g/mol. The van der Waals surface area contributed by atoms with Crippen molar-refractivity contribution in [1.29, 1.82) is 5.26 Å². The van der Waals surface area contributed by atoms with Crippen LogP contribution in [0, 0.1) is 11.3 Å². The zero-order valence-corrected chi connectivity index (χ0v) is 14.1. The van der Waals surface area contributed by atoms with E-state index in [1.165, 1.54) is 5.56 Å². The van der Waals surface area contributed by atoms with Crippen molar-refractivity contribution in [3.8, 4) is 6.07 Å². The molecule has 2 aromatic rings. The second kappa shape index (κ2) is 6.79. The molecule has 0 bridgehead atoms. The summed E-state index contributed by atoms with van der Waals surface area (Å²) in [6.45, 7) is 3.59. The Morgan fingerprint density at radius 1 is 1.36 bits per heavy atom. The number of ether oxygens (including phenoxy) is 1. The van der Waals surface area contributed by atoms with Crippen molar-refractivity contribution in [3.63, 3.8) is 0 Å². The van der Waals surface area contributed by atoms with Gasteiger partial charge in [0.25, 0.3) is 0 Å². The molecule has 2 aliphatic rings. The minimum absolute atomic E-state index is 0.0628. The van der Waals surface area contributed by atoms with Crippen LogP contribution in [0.4, 0.5) is 5.82 Å². The molecule has 4 rings (SSSR count). The highest BCUT2D eigenvalue weighted by atomic mass is 16.5. The van der Waals surface area contributed by atoms with Crippen molar-refractivity contribution in [2.45, 2.75) is 31.0 Å². The lowest BCUT2D eigenvalue weighted by atomic mass is 9.97. The van der Waals surface area contributed by atoms with Crippen molar-refractivity contribution >= 4 is 5.82 Å². The predicted molar refractivity (Wildman–Crippen MR) is 93.8 cm³/mol. The molecular formula is C19H21N5O. The maximum Gasteiger partial charge on any atom is 0.142 e. The van der Waals surface area contributed by atoms with E-state index < -0.39 is 0 Å². The zero-order valence-electron chi connectivity index (χ0n) is 14.1. The largest absolute Gasteiger partial charge is 0.371 e. The SMILES string of the molecule is N#Cc1cccc(N[C@@H]2CO[C@@]3(CCN(Cc4cccnc4)C3)C2)n1. The molecule has 0 amide bonds. The first-order chi connectivity index (χ1) is 12.2. The smallest absolute Gasteiger partial charge is 0.142 e. The van der Waals surface area contributed by atoms with E-state index in [1.54, 1.807) is 12.3 Å². The van der Waals surface area contributed by atoms with Gasteiger partial charge in [-0.1, -0.05) is 12.1 Å². The van der Waals surface area contributed by atoms with Gasteiger partial charge in [0.2, 0.25) is 0 Å². The van der Waals surface area contributed by atoms with Crippen LogP contribution in [0.1, 0.15) is 24.1 Å². The Balaban J connectivity index is 1.35. The summed E-state index contributed by atoms with van der Waals surface area (Å²) in [4.78, 5) is 10.9. The molecule has 128 valence electrons. The lowest BCUT2D eigenvalue weighted by molar-refractivity contribution is 0.0120. The van der Waals surface area contributed by atoms with Gasteiger partial charge in [-0.15, -0.1) is 0 Å². The van der Waals surface area contributed by atoms with E-state index in [0.29, 0.717) is 12.3 Å². The number of hydrogen-bond acceptors (Lipinski definition) is 6. The highest BCUT2D eigenvalue weighted by Gasteiger charge is 2.45. The minimum Gasteiger partial charge on any atom is -0.371 e. The van der Waals surface area contributed by atoms with Gasteiger partial charge < -0.3 is 10.1 Å². The fraction of sp³-hybridized carbons (Fsp3) is 0.421. The summed E-state index contributed by atoms with van der Waals surface area (Å²) in [7, 11) is 0. The molecule has 1 N–H and O–H groups in total. The van der Waals surface area contributed by atoms with Crippen molar-refractivity contribution in [2.24, 2.45) is 0 Å². The van der Waals surface area contributed by atoms with Crippen LogP contribution in [0.5, 0.6) is 0 Å². The van der Waals surface area contributed by atoms with Gasteiger partial charge in [-0.25, -0.2) is 4.98 Å². The Morgan fingerprint density at radius 3 is 3.16 bits per heavy atom. The quantitative estimate of drug-likeness (QED) is 0.923. The Bertz CT molecular complexity index is 775. The van der Waals surface area contributed by atoms with Gasteiger partial charge in [-0.2, -0.15) is 5.26 Å². The van der Waals surface area contributed by atoms with Crippen LogP contribution in [0.15, 0.2) is 42.7 Å². The molecule has 4 heterocycles. The third-order valence-electron chi connectivity index (χ3n) is 4.95. The van der Waals surface area contributed by atoms with E-state index in [9.17, 15) is 0 Å². The highest BCUT2D eigenvalue weighted by Crippen LogP contribution is 2.36. The number of nitriles is 1. The summed E-state index contributed by atoms with van der Waals surface area (Å²) in [5, 5.41) is 12.4. The number of anilines is 1. The predicted octanol–water partition coefficient (Wildman–Crippen LogP) is 2.19. The molecule has 0 aromatic carbocycles.